The fourth-order valence-corrected chi connectivity index (χ4v) is 5.83. The minimum atomic E-state index is -0.290. The average Bonchev–Trinajstić information content (AvgIpc) is 3.25. The van der Waals surface area contributed by atoms with Crippen LogP contribution in [0.1, 0.15) is 16.7 Å². The van der Waals surface area contributed by atoms with E-state index in [4.69, 9.17) is 0 Å². The van der Waals surface area contributed by atoms with Crippen LogP contribution in [0, 0.1) is 21.0 Å². The van der Waals surface area contributed by atoms with Gasteiger partial charge in [0.15, 0.2) is 11.0 Å². The van der Waals surface area contributed by atoms with Crippen molar-refractivity contribution in [3.8, 4) is 22.8 Å². The summed E-state index contributed by atoms with van der Waals surface area (Å²) in [7, 11) is 0. The first kappa shape index (κ1) is 25.6. The zero-order valence-corrected chi connectivity index (χ0v) is 24.0. The summed E-state index contributed by atoms with van der Waals surface area (Å²) in [5.74, 6) is 0.651. The van der Waals surface area contributed by atoms with Crippen molar-refractivity contribution in [1.29, 1.82) is 0 Å². The minimum Gasteiger partial charge on any atom is -0.506 e. The fourth-order valence-electron chi connectivity index (χ4n) is 3.20. The summed E-state index contributed by atoms with van der Waals surface area (Å²) in [6.07, 6.45) is 1.44. The average molecular weight is 709 g/mol. The molecule has 0 unspecified atom stereocenters. The van der Waals surface area contributed by atoms with Gasteiger partial charge in [0.25, 0.3) is 5.91 Å². The van der Waals surface area contributed by atoms with E-state index in [2.05, 4.69) is 65.9 Å². The SMILES string of the molecule is Cc1ccc(-c2nnc(SCC(=O)N/N=C/c3cc(I)cc(I)c3O)n2-c2ccc(C)cc2)cc1. The molecule has 0 aliphatic rings. The maximum atomic E-state index is 12.5. The number of aryl methyl sites for hydroxylation is 2. The molecule has 0 radical (unpaired) electrons. The lowest BCUT2D eigenvalue weighted by molar-refractivity contribution is -0.118. The Balaban J connectivity index is 1.51. The van der Waals surface area contributed by atoms with Crippen molar-refractivity contribution in [2.75, 3.05) is 5.75 Å². The van der Waals surface area contributed by atoms with E-state index in [-0.39, 0.29) is 17.4 Å². The summed E-state index contributed by atoms with van der Waals surface area (Å²) in [5, 5.41) is 23.6. The molecule has 0 aliphatic heterocycles. The Bertz CT molecular complexity index is 1390. The molecule has 178 valence electrons. The van der Waals surface area contributed by atoms with Crippen molar-refractivity contribution in [2.24, 2.45) is 5.10 Å². The Labute approximate surface area is 234 Å². The Morgan fingerprint density at radius 2 is 1.71 bits per heavy atom. The number of hydrogen-bond donors (Lipinski definition) is 2. The first-order chi connectivity index (χ1) is 16.8. The zero-order valence-electron chi connectivity index (χ0n) is 18.9. The van der Waals surface area contributed by atoms with Crippen LogP contribution in [0.4, 0.5) is 0 Å². The largest absolute Gasteiger partial charge is 0.506 e. The van der Waals surface area contributed by atoms with Gasteiger partial charge in [-0.25, -0.2) is 5.43 Å². The molecule has 1 heterocycles. The number of halogens is 2. The van der Waals surface area contributed by atoms with Gasteiger partial charge in [-0.05, 0) is 83.3 Å². The quantitative estimate of drug-likeness (QED) is 0.111. The molecule has 7 nitrogen and oxygen atoms in total. The molecule has 4 rings (SSSR count). The second kappa shape index (κ2) is 11.5. The Hall–Kier alpha value is -2.45. The minimum absolute atomic E-state index is 0.102. The number of nitrogens with zero attached hydrogens (tertiary/aromatic N) is 4. The first-order valence-corrected chi connectivity index (χ1v) is 13.7. The molecule has 0 bridgehead atoms. The molecular weight excluding hydrogens is 688 g/mol. The number of amides is 1. The van der Waals surface area contributed by atoms with E-state index in [1.54, 1.807) is 6.07 Å². The Morgan fingerprint density at radius 3 is 2.40 bits per heavy atom. The molecule has 0 spiro atoms. The number of aromatic nitrogens is 3. The normalized spacial score (nSPS) is 11.2. The monoisotopic (exact) mass is 709 g/mol. The van der Waals surface area contributed by atoms with Gasteiger partial charge in [-0.2, -0.15) is 5.10 Å². The summed E-state index contributed by atoms with van der Waals surface area (Å²) in [6.45, 7) is 4.08. The van der Waals surface area contributed by atoms with Crippen LogP contribution in [0.2, 0.25) is 0 Å². The van der Waals surface area contributed by atoms with Gasteiger partial charge >= 0.3 is 0 Å². The van der Waals surface area contributed by atoms with Crippen LogP contribution >= 0.6 is 56.9 Å². The number of rotatable bonds is 7. The lowest BCUT2D eigenvalue weighted by Gasteiger charge is -2.11. The standard InChI is InChI=1S/C25H21I2N5O2S/c1-15-3-7-17(8-4-15)24-30-31-25(32(24)20-9-5-16(2)6-10-20)35-14-22(33)29-28-13-18-11-19(26)12-21(27)23(18)34/h3-13,34H,14H2,1-2H3,(H,29,33)/b28-13+. The number of phenols is 1. The number of carbonyl (C=O) groups is 1. The maximum absolute atomic E-state index is 12.5. The molecule has 0 fully saturated rings. The maximum Gasteiger partial charge on any atom is 0.250 e. The summed E-state index contributed by atoms with van der Waals surface area (Å²) >= 11 is 5.50. The van der Waals surface area contributed by atoms with Gasteiger partial charge in [0.1, 0.15) is 5.75 Å². The van der Waals surface area contributed by atoms with Gasteiger partial charge in [0, 0.05) is 20.4 Å². The predicted octanol–water partition coefficient (Wildman–Crippen LogP) is 5.71. The highest BCUT2D eigenvalue weighted by Gasteiger charge is 2.17. The third-order valence-electron chi connectivity index (χ3n) is 5.02. The van der Waals surface area contributed by atoms with Crippen molar-refractivity contribution in [3.05, 3.63) is 84.5 Å². The topological polar surface area (TPSA) is 92.4 Å². The van der Waals surface area contributed by atoms with E-state index in [1.807, 2.05) is 73.0 Å². The van der Waals surface area contributed by atoms with Crippen molar-refractivity contribution in [2.45, 2.75) is 19.0 Å². The Kier molecular flexibility index (Phi) is 8.44. The molecule has 0 atom stereocenters. The molecular formula is C25H21I2N5O2S. The second-order valence-corrected chi connectivity index (χ2v) is 11.1. The number of phenolic OH excluding ortho intramolecular Hbond substituents is 1. The molecule has 1 aromatic heterocycles. The van der Waals surface area contributed by atoms with Crippen LogP contribution < -0.4 is 5.43 Å². The van der Waals surface area contributed by atoms with Crippen molar-refractivity contribution in [1.82, 2.24) is 20.2 Å². The summed E-state index contributed by atoms with van der Waals surface area (Å²) in [6, 6.07) is 19.8. The third kappa shape index (κ3) is 6.41. The smallest absolute Gasteiger partial charge is 0.250 e. The van der Waals surface area contributed by atoms with Crippen molar-refractivity contribution in [3.63, 3.8) is 0 Å². The lowest BCUT2D eigenvalue weighted by atomic mass is 10.1. The highest BCUT2D eigenvalue weighted by Crippen LogP contribution is 2.28. The molecule has 10 heteroatoms. The predicted molar refractivity (Wildman–Crippen MR) is 156 cm³/mol. The van der Waals surface area contributed by atoms with E-state index in [9.17, 15) is 9.90 Å². The van der Waals surface area contributed by atoms with E-state index in [0.717, 1.165) is 29.5 Å². The van der Waals surface area contributed by atoms with E-state index >= 15 is 0 Å². The summed E-state index contributed by atoms with van der Waals surface area (Å²) < 4.78 is 3.64. The van der Waals surface area contributed by atoms with Gasteiger partial charge in [-0.3, -0.25) is 9.36 Å². The molecule has 2 N–H and O–H groups in total. The Morgan fingerprint density at radius 1 is 1.06 bits per heavy atom. The van der Waals surface area contributed by atoms with E-state index in [1.165, 1.54) is 18.0 Å². The molecule has 4 aromatic rings. The van der Waals surface area contributed by atoms with Crippen LogP contribution in [-0.2, 0) is 4.79 Å². The highest BCUT2D eigenvalue weighted by atomic mass is 127. The number of hydrazone groups is 1. The summed E-state index contributed by atoms with van der Waals surface area (Å²) in [5.41, 5.74) is 7.23. The van der Waals surface area contributed by atoms with Crippen molar-refractivity contribution < 1.29 is 9.90 Å². The fraction of sp³-hybridized carbons (Fsp3) is 0.120. The third-order valence-corrected chi connectivity index (χ3v) is 7.39. The molecule has 0 saturated heterocycles. The second-order valence-electron chi connectivity index (χ2n) is 7.75. The summed E-state index contributed by atoms with van der Waals surface area (Å²) in [4.78, 5) is 12.5. The number of benzene rings is 3. The van der Waals surface area contributed by atoms with Gasteiger partial charge in [-0.1, -0.05) is 59.3 Å². The molecule has 1 amide bonds. The molecule has 35 heavy (non-hydrogen) atoms. The molecule has 3 aromatic carbocycles. The molecule has 0 aliphatic carbocycles. The van der Waals surface area contributed by atoms with Gasteiger partial charge in [-0.15, -0.1) is 10.2 Å². The van der Waals surface area contributed by atoms with Crippen LogP contribution in [-0.4, -0.2) is 37.7 Å². The number of hydrogen-bond acceptors (Lipinski definition) is 6. The van der Waals surface area contributed by atoms with Crippen LogP contribution in [0.3, 0.4) is 0 Å². The van der Waals surface area contributed by atoms with Crippen LogP contribution in [0.15, 0.2) is 70.9 Å². The van der Waals surface area contributed by atoms with Crippen LogP contribution in [0.5, 0.6) is 5.75 Å². The first-order valence-electron chi connectivity index (χ1n) is 10.5. The van der Waals surface area contributed by atoms with E-state index < -0.39 is 0 Å². The van der Waals surface area contributed by atoms with Crippen LogP contribution in [0.25, 0.3) is 17.1 Å². The molecule has 0 saturated carbocycles. The van der Waals surface area contributed by atoms with E-state index in [0.29, 0.717) is 16.5 Å². The number of nitrogens with one attached hydrogen (secondary N) is 1. The highest BCUT2D eigenvalue weighted by molar-refractivity contribution is 14.1. The number of carbonyl (C=O) groups excluding carboxylic acids is 1. The zero-order chi connectivity index (χ0) is 24.9. The lowest BCUT2D eigenvalue weighted by Crippen LogP contribution is -2.20. The van der Waals surface area contributed by atoms with Gasteiger partial charge < -0.3 is 5.11 Å². The van der Waals surface area contributed by atoms with Gasteiger partial charge in [0.05, 0.1) is 15.5 Å². The number of thioether (sulfide) groups is 1. The van der Waals surface area contributed by atoms with Crippen molar-refractivity contribution >= 4 is 69.1 Å². The number of aromatic hydroxyl groups is 1. The van der Waals surface area contributed by atoms with Gasteiger partial charge in [0.2, 0.25) is 0 Å².